The molecule has 0 unspecified atom stereocenters. The smallest absolute Gasteiger partial charge is 0.354 e. The lowest BCUT2D eigenvalue weighted by Gasteiger charge is -2.11. The standard InChI is InChI=1S/C12H13N3O4/c13-9-6(5-8-18-3-4-19-8)1-2-7-10(9)14-15-11(7)12(16)17/h1-2,8H,3-5,13H2,(H,14,15)(H,16,17). The van der Waals surface area contributed by atoms with Crippen LogP contribution in [0.15, 0.2) is 12.1 Å². The number of carboxylic acid groups (broad SMARTS) is 1. The van der Waals surface area contributed by atoms with Crippen molar-refractivity contribution in [3.05, 3.63) is 23.4 Å². The van der Waals surface area contributed by atoms with Gasteiger partial charge in [0.05, 0.1) is 18.9 Å². The molecule has 1 aromatic heterocycles. The number of fused-ring (bicyclic) bond motifs is 1. The lowest BCUT2D eigenvalue weighted by atomic mass is 10.1. The first kappa shape index (κ1) is 11.9. The summed E-state index contributed by atoms with van der Waals surface area (Å²) in [5, 5.41) is 16.0. The van der Waals surface area contributed by atoms with Gasteiger partial charge >= 0.3 is 5.97 Å². The summed E-state index contributed by atoms with van der Waals surface area (Å²) in [6.45, 7) is 1.16. The number of anilines is 1. The summed E-state index contributed by atoms with van der Waals surface area (Å²) >= 11 is 0. The Hall–Kier alpha value is -2.12. The predicted molar refractivity (Wildman–Crippen MR) is 66.9 cm³/mol. The van der Waals surface area contributed by atoms with E-state index in [1.165, 1.54) is 0 Å². The number of aromatic carboxylic acids is 1. The number of nitrogens with two attached hydrogens (primary N) is 1. The molecule has 0 aliphatic carbocycles. The summed E-state index contributed by atoms with van der Waals surface area (Å²) in [4.78, 5) is 11.0. The number of aromatic nitrogens is 2. The molecule has 3 rings (SSSR count). The molecule has 2 heterocycles. The zero-order chi connectivity index (χ0) is 13.4. The molecule has 7 heteroatoms. The van der Waals surface area contributed by atoms with Gasteiger partial charge in [0.25, 0.3) is 0 Å². The van der Waals surface area contributed by atoms with E-state index < -0.39 is 5.97 Å². The minimum Gasteiger partial charge on any atom is -0.477 e. The van der Waals surface area contributed by atoms with E-state index in [2.05, 4.69) is 10.2 Å². The number of aromatic amines is 1. The molecule has 1 saturated heterocycles. The maximum atomic E-state index is 11.0. The molecular formula is C12H13N3O4. The third-order valence-electron chi connectivity index (χ3n) is 3.15. The van der Waals surface area contributed by atoms with Crippen LogP contribution in [-0.2, 0) is 15.9 Å². The van der Waals surface area contributed by atoms with Crippen LogP contribution < -0.4 is 5.73 Å². The molecule has 19 heavy (non-hydrogen) atoms. The minimum absolute atomic E-state index is 0.0432. The number of benzene rings is 1. The molecule has 0 amide bonds. The van der Waals surface area contributed by atoms with Gasteiger partial charge in [-0.2, -0.15) is 5.10 Å². The molecule has 100 valence electrons. The lowest BCUT2D eigenvalue weighted by Crippen LogP contribution is -2.12. The van der Waals surface area contributed by atoms with Crippen LogP contribution in [0.2, 0.25) is 0 Å². The van der Waals surface area contributed by atoms with E-state index in [1.54, 1.807) is 12.1 Å². The molecule has 1 aromatic carbocycles. The fourth-order valence-corrected chi connectivity index (χ4v) is 2.19. The number of H-pyrrole nitrogens is 1. The molecular weight excluding hydrogens is 250 g/mol. The van der Waals surface area contributed by atoms with E-state index >= 15 is 0 Å². The lowest BCUT2D eigenvalue weighted by molar-refractivity contribution is -0.0398. The molecule has 0 spiro atoms. The van der Waals surface area contributed by atoms with Crippen LogP contribution in [-0.4, -0.2) is 40.8 Å². The van der Waals surface area contributed by atoms with Gasteiger partial charge in [-0.1, -0.05) is 6.07 Å². The summed E-state index contributed by atoms with van der Waals surface area (Å²) < 4.78 is 10.7. The van der Waals surface area contributed by atoms with Crippen molar-refractivity contribution in [3.63, 3.8) is 0 Å². The highest BCUT2D eigenvalue weighted by Crippen LogP contribution is 2.27. The van der Waals surface area contributed by atoms with Gasteiger partial charge in [0, 0.05) is 11.8 Å². The molecule has 4 N–H and O–H groups in total. The molecule has 1 fully saturated rings. The monoisotopic (exact) mass is 263 g/mol. The zero-order valence-corrected chi connectivity index (χ0v) is 10.0. The van der Waals surface area contributed by atoms with E-state index in [-0.39, 0.29) is 12.0 Å². The Morgan fingerprint density at radius 2 is 2.21 bits per heavy atom. The first-order chi connectivity index (χ1) is 9.16. The van der Waals surface area contributed by atoms with E-state index in [0.717, 1.165) is 5.56 Å². The maximum absolute atomic E-state index is 11.0. The normalized spacial score (nSPS) is 16.2. The van der Waals surface area contributed by atoms with Crippen molar-refractivity contribution < 1.29 is 19.4 Å². The molecule has 0 saturated carbocycles. The van der Waals surface area contributed by atoms with Crippen LogP contribution in [0.3, 0.4) is 0 Å². The Morgan fingerprint density at radius 3 is 2.89 bits per heavy atom. The number of hydrogen-bond donors (Lipinski definition) is 3. The van der Waals surface area contributed by atoms with Gasteiger partial charge in [-0.3, -0.25) is 5.10 Å². The molecule has 0 bridgehead atoms. The Balaban J connectivity index is 1.98. The molecule has 7 nitrogen and oxygen atoms in total. The van der Waals surface area contributed by atoms with Gasteiger partial charge in [0.1, 0.15) is 5.52 Å². The minimum atomic E-state index is -1.06. The van der Waals surface area contributed by atoms with E-state index in [0.29, 0.717) is 36.2 Å². The largest absolute Gasteiger partial charge is 0.477 e. The van der Waals surface area contributed by atoms with Gasteiger partial charge < -0.3 is 20.3 Å². The SMILES string of the molecule is Nc1c(CC2OCCO2)ccc2c(C(=O)O)[nH]nc12. The van der Waals surface area contributed by atoms with Gasteiger partial charge in [-0.15, -0.1) is 0 Å². The summed E-state index contributed by atoms with van der Waals surface area (Å²) in [6.07, 6.45) is 0.231. The second-order valence-electron chi connectivity index (χ2n) is 4.31. The van der Waals surface area contributed by atoms with Crippen LogP contribution in [0.5, 0.6) is 0 Å². The van der Waals surface area contributed by atoms with Crippen LogP contribution in [0, 0.1) is 0 Å². The van der Waals surface area contributed by atoms with Crippen LogP contribution in [0.1, 0.15) is 16.1 Å². The van der Waals surface area contributed by atoms with Gasteiger partial charge in [0.15, 0.2) is 12.0 Å². The topological polar surface area (TPSA) is 110 Å². The van der Waals surface area contributed by atoms with Crippen molar-refractivity contribution in [2.45, 2.75) is 12.7 Å². The van der Waals surface area contributed by atoms with Crippen molar-refractivity contribution in [1.82, 2.24) is 10.2 Å². The van der Waals surface area contributed by atoms with Crippen LogP contribution >= 0.6 is 0 Å². The quantitative estimate of drug-likeness (QED) is 0.705. The summed E-state index contributed by atoms with van der Waals surface area (Å²) in [5.74, 6) is -1.06. The predicted octanol–water partition coefficient (Wildman–Crippen LogP) is 0.759. The number of carbonyl (C=O) groups is 1. The number of nitrogen functional groups attached to an aromatic ring is 1. The average molecular weight is 263 g/mol. The third kappa shape index (κ3) is 2.02. The molecule has 1 aliphatic rings. The van der Waals surface area contributed by atoms with Crippen molar-refractivity contribution in [2.24, 2.45) is 0 Å². The first-order valence-corrected chi connectivity index (χ1v) is 5.88. The molecule has 1 aliphatic heterocycles. The number of hydrogen-bond acceptors (Lipinski definition) is 5. The Kier molecular flexibility index (Phi) is 2.84. The number of nitrogens with zero attached hydrogens (tertiary/aromatic N) is 1. The second-order valence-corrected chi connectivity index (χ2v) is 4.31. The van der Waals surface area contributed by atoms with Crippen molar-refractivity contribution in [3.8, 4) is 0 Å². The van der Waals surface area contributed by atoms with Gasteiger partial charge in [-0.25, -0.2) is 4.79 Å². The van der Waals surface area contributed by atoms with E-state index in [1.807, 2.05) is 0 Å². The van der Waals surface area contributed by atoms with E-state index in [9.17, 15) is 4.79 Å². The highest BCUT2D eigenvalue weighted by Gasteiger charge is 2.20. The summed E-state index contributed by atoms with van der Waals surface area (Å²) in [5.41, 5.74) is 7.83. The number of ether oxygens (including phenoxy) is 2. The van der Waals surface area contributed by atoms with Crippen molar-refractivity contribution in [1.29, 1.82) is 0 Å². The second kappa shape index (κ2) is 4.52. The maximum Gasteiger partial charge on any atom is 0.354 e. The highest BCUT2D eigenvalue weighted by atomic mass is 16.7. The van der Waals surface area contributed by atoms with Gasteiger partial charge in [-0.05, 0) is 11.6 Å². The van der Waals surface area contributed by atoms with Gasteiger partial charge in [0.2, 0.25) is 0 Å². The fraction of sp³-hybridized carbons (Fsp3) is 0.333. The Bertz CT molecular complexity index is 631. The fourth-order valence-electron chi connectivity index (χ4n) is 2.19. The summed E-state index contributed by atoms with van der Waals surface area (Å²) in [6, 6.07) is 3.48. The average Bonchev–Trinajstić information content (AvgIpc) is 3.01. The molecule has 0 radical (unpaired) electrons. The van der Waals surface area contributed by atoms with Crippen LogP contribution in [0.4, 0.5) is 5.69 Å². The summed E-state index contributed by atoms with van der Waals surface area (Å²) in [7, 11) is 0. The molecule has 2 aromatic rings. The van der Waals surface area contributed by atoms with E-state index in [4.69, 9.17) is 20.3 Å². The number of rotatable bonds is 3. The van der Waals surface area contributed by atoms with Crippen molar-refractivity contribution in [2.75, 3.05) is 18.9 Å². The molecule has 0 atom stereocenters. The van der Waals surface area contributed by atoms with Crippen LogP contribution in [0.25, 0.3) is 10.9 Å². The Morgan fingerprint density at radius 1 is 1.47 bits per heavy atom. The first-order valence-electron chi connectivity index (χ1n) is 5.88. The number of carboxylic acids is 1. The third-order valence-corrected chi connectivity index (χ3v) is 3.15. The van der Waals surface area contributed by atoms with Crippen molar-refractivity contribution >= 4 is 22.6 Å². The number of nitrogens with one attached hydrogen (secondary N) is 1. The highest BCUT2D eigenvalue weighted by molar-refractivity contribution is 6.04. The Labute approximate surface area is 108 Å². The zero-order valence-electron chi connectivity index (χ0n) is 10.0.